The van der Waals surface area contributed by atoms with E-state index < -0.39 is 5.60 Å². The zero-order chi connectivity index (χ0) is 14.2. The molecule has 3 heteroatoms. The molecule has 1 atom stereocenters. The fourth-order valence-corrected chi connectivity index (χ4v) is 3.53. The molecular weight excluding hydrogens is 252 g/mol. The van der Waals surface area contributed by atoms with Crippen molar-refractivity contribution < 1.29 is 14.3 Å². The number of carbonyl (C=O) groups excluding carboxylic acids is 1. The Morgan fingerprint density at radius 3 is 2.45 bits per heavy atom. The van der Waals surface area contributed by atoms with Crippen LogP contribution in [0.25, 0.3) is 0 Å². The van der Waals surface area contributed by atoms with Crippen LogP contribution >= 0.6 is 0 Å². The van der Waals surface area contributed by atoms with Crippen LogP contribution in [0, 0.1) is 6.92 Å². The van der Waals surface area contributed by atoms with Crippen molar-refractivity contribution in [1.82, 2.24) is 0 Å². The van der Waals surface area contributed by atoms with Gasteiger partial charge in [-0.2, -0.15) is 0 Å². The normalized spacial score (nSPS) is 27.3. The van der Waals surface area contributed by atoms with Crippen LogP contribution in [-0.4, -0.2) is 18.2 Å². The average molecular weight is 274 g/mol. The Kier molecular flexibility index (Phi) is 3.33. The molecule has 1 heterocycles. The van der Waals surface area contributed by atoms with Gasteiger partial charge in [-0.15, -0.1) is 0 Å². The summed E-state index contributed by atoms with van der Waals surface area (Å²) in [7, 11) is 0. The first-order valence-electron chi connectivity index (χ1n) is 7.59. The summed E-state index contributed by atoms with van der Waals surface area (Å²) in [5.41, 5.74) is 0.971. The van der Waals surface area contributed by atoms with Crippen molar-refractivity contribution in [2.24, 2.45) is 0 Å². The highest BCUT2D eigenvalue weighted by Gasteiger charge is 2.75. The minimum atomic E-state index is -0.850. The second-order valence-corrected chi connectivity index (χ2v) is 5.92. The van der Waals surface area contributed by atoms with Crippen LogP contribution in [0.15, 0.2) is 24.3 Å². The van der Waals surface area contributed by atoms with Gasteiger partial charge in [0.1, 0.15) is 5.60 Å². The van der Waals surface area contributed by atoms with Gasteiger partial charge in [-0.25, -0.2) is 4.79 Å². The van der Waals surface area contributed by atoms with Crippen LogP contribution in [0.5, 0.6) is 0 Å². The summed E-state index contributed by atoms with van der Waals surface area (Å²) >= 11 is 0. The van der Waals surface area contributed by atoms with E-state index in [0.717, 1.165) is 31.2 Å². The Morgan fingerprint density at radius 2 is 1.85 bits per heavy atom. The van der Waals surface area contributed by atoms with Gasteiger partial charge in [0, 0.05) is 0 Å². The molecule has 108 valence electrons. The van der Waals surface area contributed by atoms with Gasteiger partial charge in [0.15, 0.2) is 0 Å². The second-order valence-electron chi connectivity index (χ2n) is 5.92. The summed E-state index contributed by atoms with van der Waals surface area (Å²) in [5.74, 6) is -0.217. The third-order valence-corrected chi connectivity index (χ3v) is 4.63. The molecule has 1 aromatic carbocycles. The number of esters is 1. The number of carbonyl (C=O) groups is 1. The van der Waals surface area contributed by atoms with E-state index in [1.54, 1.807) is 0 Å². The summed E-state index contributed by atoms with van der Waals surface area (Å²) in [6, 6.07) is 8.09. The maximum Gasteiger partial charge on any atom is 0.346 e. The minimum absolute atomic E-state index is 0.217. The highest BCUT2D eigenvalue weighted by Crippen LogP contribution is 2.63. The lowest BCUT2D eigenvalue weighted by molar-refractivity contribution is -0.150. The summed E-state index contributed by atoms with van der Waals surface area (Å²) in [6.45, 7) is 4.29. The molecule has 0 radical (unpaired) electrons. The Bertz CT molecular complexity index is 499. The lowest BCUT2D eigenvalue weighted by Crippen LogP contribution is -2.35. The molecule has 0 aromatic heterocycles. The van der Waals surface area contributed by atoms with E-state index in [1.807, 2.05) is 38.1 Å². The Morgan fingerprint density at radius 1 is 1.20 bits per heavy atom. The number of hydrogen-bond acceptors (Lipinski definition) is 3. The summed E-state index contributed by atoms with van der Waals surface area (Å²) in [4.78, 5) is 12.5. The van der Waals surface area contributed by atoms with Crippen molar-refractivity contribution >= 4 is 5.97 Å². The van der Waals surface area contributed by atoms with Crippen molar-refractivity contribution in [3.8, 4) is 0 Å². The molecule has 1 saturated carbocycles. The first-order valence-corrected chi connectivity index (χ1v) is 7.59. The highest BCUT2D eigenvalue weighted by molar-refractivity contribution is 5.86. The van der Waals surface area contributed by atoms with Gasteiger partial charge in [0.25, 0.3) is 0 Å². The molecule has 2 fully saturated rings. The van der Waals surface area contributed by atoms with Crippen molar-refractivity contribution in [2.75, 3.05) is 6.61 Å². The van der Waals surface area contributed by atoms with Crippen molar-refractivity contribution in [2.45, 2.75) is 57.2 Å². The maximum atomic E-state index is 12.5. The van der Waals surface area contributed by atoms with E-state index in [2.05, 4.69) is 0 Å². The summed E-state index contributed by atoms with van der Waals surface area (Å²) in [6.07, 6.45) is 5.41. The number of rotatable bonds is 3. The first-order chi connectivity index (χ1) is 9.64. The molecule has 2 aliphatic rings. The quantitative estimate of drug-likeness (QED) is 0.625. The minimum Gasteiger partial charge on any atom is -0.464 e. The number of aryl methyl sites for hydroxylation is 1. The average Bonchev–Trinajstić information content (AvgIpc) is 3.09. The largest absolute Gasteiger partial charge is 0.464 e. The SMILES string of the molecule is CCOC(=O)C1(c2ccc(C)cc2)OC12CCCCC2. The van der Waals surface area contributed by atoms with Crippen LogP contribution in [-0.2, 0) is 19.9 Å². The smallest absolute Gasteiger partial charge is 0.346 e. The molecular formula is C17H22O3. The van der Waals surface area contributed by atoms with Gasteiger partial charge in [-0.1, -0.05) is 49.1 Å². The fraction of sp³-hybridized carbons (Fsp3) is 0.588. The van der Waals surface area contributed by atoms with Crippen molar-refractivity contribution in [1.29, 1.82) is 0 Å². The van der Waals surface area contributed by atoms with E-state index >= 15 is 0 Å². The molecule has 1 aliphatic carbocycles. The molecule has 1 saturated heterocycles. The Balaban J connectivity index is 1.97. The lowest BCUT2D eigenvalue weighted by atomic mass is 9.76. The molecule has 1 aromatic rings. The number of hydrogen-bond donors (Lipinski definition) is 0. The molecule has 20 heavy (non-hydrogen) atoms. The molecule has 0 amide bonds. The zero-order valence-electron chi connectivity index (χ0n) is 12.3. The van der Waals surface area contributed by atoms with Crippen LogP contribution in [0.1, 0.15) is 50.2 Å². The summed E-state index contributed by atoms with van der Waals surface area (Å²) < 4.78 is 11.4. The maximum absolute atomic E-state index is 12.5. The van der Waals surface area contributed by atoms with Gasteiger partial charge in [0.2, 0.25) is 5.60 Å². The highest BCUT2D eigenvalue weighted by atomic mass is 16.7. The van der Waals surface area contributed by atoms with Gasteiger partial charge in [-0.05, 0) is 32.3 Å². The number of ether oxygens (including phenoxy) is 2. The van der Waals surface area contributed by atoms with E-state index in [9.17, 15) is 4.79 Å². The van der Waals surface area contributed by atoms with Crippen molar-refractivity contribution in [3.05, 3.63) is 35.4 Å². The molecule has 0 N–H and O–H groups in total. The third kappa shape index (κ3) is 1.87. The topological polar surface area (TPSA) is 38.8 Å². The fourth-order valence-electron chi connectivity index (χ4n) is 3.53. The van der Waals surface area contributed by atoms with E-state index in [1.165, 1.54) is 12.0 Å². The predicted molar refractivity (Wildman–Crippen MR) is 76.4 cm³/mol. The van der Waals surface area contributed by atoms with Gasteiger partial charge in [0.05, 0.1) is 6.61 Å². The standard InChI is InChI=1S/C17H22O3/c1-3-19-15(18)17(14-9-7-13(2)8-10-14)16(20-17)11-5-4-6-12-16/h7-10H,3-6,11-12H2,1-2H3. The Labute approximate surface area is 120 Å². The molecule has 1 unspecified atom stereocenters. The molecule has 1 aliphatic heterocycles. The number of epoxide rings is 1. The second kappa shape index (κ2) is 4.88. The van der Waals surface area contributed by atoms with Gasteiger partial charge in [-0.3, -0.25) is 0 Å². The van der Waals surface area contributed by atoms with Crippen LogP contribution in [0.2, 0.25) is 0 Å². The molecule has 3 rings (SSSR count). The van der Waals surface area contributed by atoms with E-state index in [4.69, 9.17) is 9.47 Å². The monoisotopic (exact) mass is 274 g/mol. The van der Waals surface area contributed by atoms with Crippen LogP contribution in [0.4, 0.5) is 0 Å². The third-order valence-electron chi connectivity index (χ3n) is 4.63. The van der Waals surface area contributed by atoms with Crippen molar-refractivity contribution in [3.63, 3.8) is 0 Å². The molecule has 1 spiro atoms. The predicted octanol–water partition coefficient (Wildman–Crippen LogP) is 3.49. The van der Waals surface area contributed by atoms with Crippen LogP contribution < -0.4 is 0 Å². The van der Waals surface area contributed by atoms with Gasteiger partial charge < -0.3 is 9.47 Å². The first kappa shape index (κ1) is 13.6. The van der Waals surface area contributed by atoms with E-state index in [0.29, 0.717) is 6.61 Å². The zero-order valence-corrected chi connectivity index (χ0v) is 12.3. The van der Waals surface area contributed by atoms with Crippen LogP contribution in [0.3, 0.4) is 0 Å². The summed E-state index contributed by atoms with van der Waals surface area (Å²) in [5, 5.41) is 0. The number of benzene rings is 1. The Hall–Kier alpha value is -1.35. The molecule has 0 bridgehead atoms. The molecule has 3 nitrogen and oxygen atoms in total. The van der Waals surface area contributed by atoms with Gasteiger partial charge >= 0.3 is 5.97 Å². The van der Waals surface area contributed by atoms with E-state index in [-0.39, 0.29) is 11.6 Å². The lowest BCUT2D eigenvalue weighted by Gasteiger charge is -2.23.